The lowest BCUT2D eigenvalue weighted by Gasteiger charge is -1.87. The summed E-state index contributed by atoms with van der Waals surface area (Å²) in [7, 11) is 2.23. The van der Waals surface area contributed by atoms with Gasteiger partial charge in [0.2, 0.25) is 0 Å². The topological polar surface area (TPSA) is 49.3 Å². The predicted octanol–water partition coefficient (Wildman–Crippen LogP) is 0.0866. The minimum absolute atomic E-state index is 0.398. The average Bonchev–Trinajstić information content (AvgIpc) is 1.35. The molecule has 0 saturated heterocycles. The van der Waals surface area contributed by atoms with Crippen LogP contribution in [-0.2, 0) is 0 Å². The van der Waals surface area contributed by atoms with Gasteiger partial charge in [-0.25, -0.2) is 4.79 Å². The van der Waals surface area contributed by atoms with Gasteiger partial charge in [0, 0.05) is 6.29 Å². The van der Waals surface area contributed by atoms with Crippen molar-refractivity contribution < 1.29 is 9.90 Å². The van der Waals surface area contributed by atoms with Crippen molar-refractivity contribution in [1.82, 2.24) is 5.32 Å². The Hall–Kier alpha value is -0.300. The minimum Gasteiger partial charge on any atom is -0.465 e. The largest absolute Gasteiger partial charge is 0.465 e. The summed E-state index contributed by atoms with van der Waals surface area (Å²) in [5.41, 5.74) is 0. The molecular formula is C2H6NO2P. The number of rotatable bonds is 1. The second-order valence-electron chi connectivity index (χ2n) is 0.686. The summed E-state index contributed by atoms with van der Waals surface area (Å²) in [4.78, 5) is 9.47. The van der Waals surface area contributed by atoms with E-state index in [4.69, 9.17) is 5.11 Å². The third-order valence-corrected chi connectivity index (χ3v) is 0.457. The van der Waals surface area contributed by atoms with Gasteiger partial charge in [-0.05, 0) is 0 Å². The van der Waals surface area contributed by atoms with Gasteiger partial charge < -0.3 is 10.4 Å². The van der Waals surface area contributed by atoms with E-state index in [2.05, 4.69) is 14.6 Å². The minimum atomic E-state index is -0.981. The highest BCUT2D eigenvalue weighted by molar-refractivity contribution is 7.16. The molecule has 0 aromatic heterocycles. The Morgan fingerprint density at radius 3 is 2.50 bits per heavy atom. The number of amides is 1. The van der Waals surface area contributed by atoms with Crippen LogP contribution in [0.15, 0.2) is 0 Å². The molecule has 0 bridgehead atoms. The normalized spacial score (nSPS) is 7.50. The van der Waals surface area contributed by atoms with Crippen LogP contribution in [0.3, 0.4) is 0 Å². The van der Waals surface area contributed by atoms with Crippen LogP contribution < -0.4 is 5.32 Å². The van der Waals surface area contributed by atoms with Crippen LogP contribution in [0.1, 0.15) is 0 Å². The van der Waals surface area contributed by atoms with Gasteiger partial charge in [0.05, 0.1) is 0 Å². The van der Waals surface area contributed by atoms with Crippen molar-refractivity contribution in [2.45, 2.75) is 0 Å². The monoisotopic (exact) mass is 107 g/mol. The molecule has 0 saturated carbocycles. The number of carboxylic acid groups (broad SMARTS) is 1. The molecule has 0 aliphatic heterocycles. The van der Waals surface area contributed by atoms with E-state index in [1.165, 1.54) is 0 Å². The van der Waals surface area contributed by atoms with Gasteiger partial charge in [-0.3, -0.25) is 0 Å². The van der Waals surface area contributed by atoms with Crippen molar-refractivity contribution in [3.8, 4) is 0 Å². The Bertz CT molecular complexity index is 55.5. The molecule has 0 heterocycles. The maximum absolute atomic E-state index is 9.47. The van der Waals surface area contributed by atoms with Gasteiger partial charge in [-0.15, -0.1) is 9.24 Å². The lowest BCUT2D eigenvalue weighted by Crippen LogP contribution is -2.17. The van der Waals surface area contributed by atoms with E-state index >= 15 is 0 Å². The second kappa shape index (κ2) is 2.91. The van der Waals surface area contributed by atoms with E-state index in [9.17, 15) is 4.79 Å². The molecule has 0 aliphatic rings. The molecule has 0 aromatic carbocycles. The fourth-order valence-corrected chi connectivity index (χ4v) is 0.262. The Balaban J connectivity index is 2.83. The highest BCUT2D eigenvalue weighted by Crippen LogP contribution is 1.69. The maximum atomic E-state index is 9.47. The molecular weight excluding hydrogens is 101 g/mol. The van der Waals surface area contributed by atoms with Crippen LogP contribution in [0.2, 0.25) is 0 Å². The van der Waals surface area contributed by atoms with Crippen molar-refractivity contribution in [2.75, 3.05) is 6.29 Å². The lowest BCUT2D eigenvalue weighted by atomic mass is 11.1. The molecule has 4 heteroatoms. The van der Waals surface area contributed by atoms with Crippen LogP contribution in [0.4, 0.5) is 4.79 Å². The van der Waals surface area contributed by atoms with Gasteiger partial charge in [-0.1, -0.05) is 0 Å². The fraction of sp³-hybridized carbons (Fsp3) is 0.500. The summed E-state index contributed by atoms with van der Waals surface area (Å²) in [6.07, 6.45) is -0.583. The highest BCUT2D eigenvalue weighted by Gasteiger charge is 1.83. The molecule has 1 unspecified atom stereocenters. The third kappa shape index (κ3) is 3.70. The van der Waals surface area contributed by atoms with Gasteiger partial charge in [0.1, 0.15) is 0 Å². The Kier molecular flexibility index (Phi) is 2.77. The van der Waals surface area contributed by atoms with E-state index < -0.39 is 6.09 Å². The zero-order chi connectivity index (χ0) is 4.99. The van der Waals surface area contributed by atoms with Crippen molar-refractivity contribution in [3.05, 3.63) is 0 Å². The number of hydrogen-bond acceptors (Lipinski definition) is 1. The molecule has 0 rings (SSSR count). The van der Waals surface area contributed by atoms with Crippen LogP contribution >= 0.6 is 9.24 Å². The standard InChI is InChI=1S/C2H6NO2P/c4-2(5)3-1-6/h3H,1,6H2,(H,4,5). The van der Waals surface area contributed by atoms with E-state index in [0.717, 1.165) is 0 Å². The summed E-state index contributed by atoms with van der Waals surface area (Å²) < 4.78 is 0. The van der Waals surface area contributed by atoms with Crippen LogP contribution in [-0.4, -0.2) is 17.5 Å². The number of hydrogen-bond donors (Lipinski definition) is 2. The van der Waals surface area contributed by atoms with Gasteiger partial charge in [-0.2, -0.15) is 0 Å². The van der Waals surface area contributed by atoms with Crippen molar-refractivity contribution in [2.24, 2.45) is 0 Å². The zero-order valence-corrected chi connectivity index (χ0v) is 4.29. The molecule has 0 spiro atoms. The zero-order valence-electron chi connectivity index (χ0n) is 3.14. The molecule has 0 radical (unpaired) electrons. The maximum Gasteiger partial charge on any atom is 0.404 e. The first-order valence-corrected chi connectivity index (χ1v) is 2.26. The summed E-state index contributed by atoms with van der Waals surface area (Å²) in [6.45, 7) is 0. The molecule has 0 aromatic rings. The lowest BCUT2D eigenvalue weighted by molar-refractivity contribution is 0.196. The first-order valence-electron chi connectivity index (χ1n) is 1.44. The summed E-state index contributed by atoms with van der Waals surface area (Å²) >= 11 is 0. The molecule has 2 N–H and O–H groups in total. The molecule has 0 fully saturated rings. The Morgan fingerprint density at radius 1 is 2.00 bits per heavy atom. The Labute approximate surface area is 37.9 Å². The van der Waals surface area contributed by atoms with Gasteiger partial charge in [0.15, 0.2) is 0 Å². The third-order valence-electron chi connectivity index (χ3n) is 0.253. The molecule has 1 atom stereocenters. The van der Waals surface area contributed by atoms with Gasteiger partial charge >= 0.3 is 6.09 Å². The van der Waals surface area contributed by atoms with E-state index in [0.29, 0.717) is 6.29 Å². The smallest absolute Gasteiger partial charge is 0.404 e. The summed E-state index contributed by atoms with van der Waals surface area (Å²) in [5.74, 6) is 0. The van der Waals surface area contributed by atoms with E-state index in [-0.39, 0.29) is 0 Å². The van der Waals surface area contributed by atoms with Crippen molar-refractivity contribution >= 4 is 15.3 Å². The SMILES string of the molecule is O=C(O)NCP. The first kappa shape index (κ1) is 5.70. The van der Waals surface area contributed by atoms with E-state index in [1.807, 2.05) is 0 Å². The Morgan fingerprint density at radius 2 is 2.50 bits per heavy atom. The van der Waals surface area contributed by atoms with Gasteiger partial charge in [0.25, 0.3) is 0 Å². The number of carbonyl (C=O) groups is 1. The first-order chi connectivity index (χ1) is 2.77. The second-order valence-corrected chi connectivity index (χ2v) is 1.09. The van der Waals surface area contributed by atoms with Crippen LogP contribution in [0.5, 0.6) is 0 Å². The summed E-state index contributed by atoms with van der Waals surface area (Å²) in [6, 6.07) is 0. The van der Waals surface area contributed by atoms with Crippen molar-refractivity contribution in [1.29, 1.82) is 0 Å². The summed E-state index contributed by atoms with van der Waals surface area (Å²) in [5, 5.41) is 9.88. The van der Waals surface area contributed by atoms with Crippen molar-refractivity contribution in [3.63, 3.8) is 0 Å². The molecule has 1 amide bonds. The van der Waals surface area contributed by atoms with Crippen LogP contribution in [0.25, 0.3) is 0 Å². The molecule has 3 nitrogen and oxygen atoms in total. The molecule has 6 heavy (non-hydrogen) atoms. The highest BCUT2D eigenvalue weighted by atomic mass is 31.0. The number of nitrogens with one attached hydrogen (secondary N) is 1. The quantitative estimate of drug-likeness (QED) is 0.466. The predicted molar refractivity (Wildman–Crippen MR) is 25.7 cm³/mol. The molecule has 0 aliphatic carbocycles. The average molecular weight is 107 g/mol. The van der Waals surface area contributed by atoms with Crippen LogP contribution in [0, 0.1) is 0 Å². The fourth-order valence-electron chi connectivity index (χ4n) is 0.0873. The van der Waals surface area contributed by atoms with E-state index in [1.54, 1.807) is 0 Å². The molecule has 36 valence electrons.